The van der Waals surface area contributed by atoms with Gasteiger partial charge < -0.3 is 5.32 Å². The van der Waals surface area contributed by atoms with E-state index in [0.29, 0.717) is 0 Å². The number of nitrogens with zero attached hydrogens (tertiary/aromatic N) is 1. The standard InChI is InChI=1S/C14H18N2S2/c1-2-3-12-13(8-15-11-4-5-11)18-14(16-12)10-6-7-17-9-10/h6-7,9,11,15H,2-5,8H2,1H3. The average molecular weight is 278 g/mol. The Morgan fingerprint density at radius 3 is 3.00 bits per heavy atom. The second kappa shape index (κ2) is 5.51. The maximum Gasteiger partial charge on any atom is 0.124 e. The maximum atomic E-state index is 4.83. The van der Waals surface area contributed by atoms with Gasteiger partial charge in [0.1, 0.15) is 5.01 Å². The molecule has 0 spiro atoms. The van der Waals surface area contributed by atoms with E-state index >= 15 is 0 Å². The molecule has 1 aliphatic carbocycles. The predicted octanol–water partition coefficient (Wildman–Crippen LogP) is 4.08. The molecule has 4 heteroatoms. The van der Waals surface area contributed by atoms with Gasteiger partial charge in [-0.3, -0.25) is 0 Å². The van der Waals surface area contributed by atoms with E-state index in [2.05, 4.69) is 29.1 Å². The van der Waals surface area contributed by atoms with Crippen molar-refractivity contribution in [2.45, 2.75) is 45.2 Å². The van der Waals surface area contributed by atoms with Gasteiger partial charge in [-0.1, -0.05) is 13.3 Å². The van der Waals surface area contributed by atoms with E-state index in [1.807, 2.05) is 11.3 Å². The number of aryl methyl sites for hydroxylation is 1. The van der Waals surface area contributed by atoms with Crippen LogP contribution in [-0.4, -0.2) is 11.0 Å². The highest BCUT2D eigenvalue weighted by Gasteiger charge is 2.21. The predicted molar refractivity (Wildman–Crippen MR) is 79.3 cm³/mol. The highest BCUT2D eigenvalue weighted by atomic mass is 32.1. The lowest BCUT2D eigenvalue weighted by molar-refractivity contribution is 0.686. The van der Waals surface area contributed by atoms with E-state index in [1.54, 1.807) is 11.3 Å². The molecule has 3 rings (SSSR count). The molecule has 2 nitrogen and oxygen atoms in total. The van der Waals surface area contributed by atoms with Crippen molar-refractivity contribution in [1.29, 1.82) is 0 Å². The summed E-state index contributed by atoms with van der Waals surface area (Å²) in [6.07, 6.45) is 4.96. The molecule has 0 aromatic carbocycles. The average Bonchev–Trinajstić information content (AvgIpc) is 2.90. The van der Waals surface area contributed by atoms with Crippen LogP contribution in [0.2, 0.25) is 0 Å². The monoisotopic (exact) mass is 278 g/mol. The second-order valence-electron chi connectivity index (χ2n) is 4.81. The Morgan fingerprint density at radius 2 is 2.33 bits per heavy atom. The van der Waals surface area contributed by atoms with Crippen LogP contribution in [0, 0.1) is 0 Å². The van der Waals surface area contributed by atoms with Gasteiger partial charge >= 0.3 is 0 Å². The fourth-order valence-corrected chi connectivity index (χ4v) is 3.76. The lowest BCUT2D eigenvalue weighted by Crippen LogP contribution is -2.15. The number of hydrogen-bond acceptors (Lipinski definition) is 4. The van der Waals surface area contributed by atoms with E-state index in [-0.39, 0.29) is 0 Å². The van der Waals surface area contributed by atoms with Crippen LogP contribution in [0.4, 0.5) is 0 Å². The molecule has 2 aromatic rings. The van der Waals surface area contributed by atoms with Gasteiger partial charge in [0, 0.05) is 28.4 Å². The van der Waals surface area contributed by atoms with E-state index in [4.69, 9.17) is 4.98 Å². The first-order valence-electron chi connectivity index (χ1n) is 6.61. The molecule has 1 aliphatic rings. The van der Waals surface area contributed by atoms with Crippen LogP contribution in [0.3, 0.4) is 0 Å². The van der Waals surface area contributed by atoms with Gasteiger partial charge in [0.25, 0.3) is 0 Å². The summed E-state index contributed by atoms with van der Waals surface area (Å²) < 4.78 is 0. The lowest BCUT2D eigenvalue weighted by Gasteiger charge is -2.01. The molecule has 0 aliphatic heterocycles. The van der Waals surface area contributed by atoms with Crippen molar-refractivity contribution in [2.75, 3.05) is 0 Å². The smallest absolute Gasteiger partial charge is 0.124 e. The quantitative estimate of drug-likeness (QED) is 0.861. The first-order chi connectivity index (χ1) is 8.86. The fourth-order valence-electron chi connectivity index (χ4n) is 1.99. The number of hydrogen-bond donors (Lipinski definition) is 1. The molecule has 2 heterocycles. The van der Waals surface area contributed by atoms with Crippen LogP contribution in [0.15, 0.2) is 16.8 Å². The summed E-state index contributed by atoms with van der Waals surface area (Å²) >= 11 is 3.60. The summed E-state index contributed by atoms with van der Waals surface area (Å²) in [6.45, 7) is 3.23. The SMILES string of the molecule is CCCc1nc(-c2ccsc2)sc1CNC1CC1. The summed E-state index contributed by atoms with van der Waals surface area (Å²) in [5.41, 5.74) is 2.58. The van der Waals surface area contributed by atoms with Crippen molar-refractivity contribution in [3.8, 4) is 10.6 Å². The Kier molecular flexibility index (Phi) is 3.77. The topological polar surface area (TPSA) is 24.9 Å². The van der Waals surface area contributed by atoms with Crippen molar-refractivity contribution < 1.29 is 0 Å². The highest BCUT2D eigenvalue weighted by Crippen LogP contribution is 2.31. The van der Waals surface area contributed by atoms with Crippen LogP contribution in [0.5, 0.6) is 0 Å². The number of thiazole rings is 1. The third kappa shape index (κ3) is 2.82. The molecular weight excluding hydrogens is 260 g/mol. The molecule has 0 saturated heterocycles. The Balaban J connectivity index is 1.80. The van der Waals surface area contributed by atoms with Crippen molar-refractivity contribution in [3.05, 3.63) is 27.4 Å². The molecule has 0 amide bonds. The minimum atomic E-state index is 0.770. The number of nitrogens with one attached hydrogen (secondary N) is 1. The minimum Gasteiger partial charge on any atom is -0.309 e. The minimum absolute atomic E-state index is 0.770. The molecule has 1 fully saturated rings. The van der Waals surface area contributed by atoms with E-state index < -0.39 is 0 Å². The van der Waals surface area contributed by atoms with Gasteiger partial charge in [-0.15, -0.1) is 11.3 Å². The summed E-state index contributed by atoms with van der Waals surface area (Å²) in [5.74, 6) is 0. The van der Waals surface area contributed by atoms with Crippen LogP contribution < -0.4 is 5.32 Å². The molecule has 1 N–H and O–H groups in total. The van der Waals surface area contributed by atoms with E-state index in [1.165, 1.54) is 40.4 Å². The molecule has 2 aromatic heterocycles. The highest BCUT2D eigenvalue weighted by molar-refractivity contribution is 7.15. The third-order valence-electron chi connectivity index (χ3n) is 3.16. The molecule has 0 bridgehead atoms. The maximum absolute atomic E-state index is 4.83. The Hall–Kier alpha value is -0.710. The Bertz CT molecular complexity index is 498. The normalized spacial score (nSPS) is 15.2. The van der Waals surface area contributed by atoms with Gasteiger partial charge in [-0.2, -0.15) is 11.3 Å². The molecule has 0 atom stereocenters. The lowest BCUT2D eigenvalue weighted by atomic mass is 10.2. The van der Waals surface area contributed by atoms with Crippen LogP contribution >= 0.6 is 22.7 Å². The largest absolute Gasteiger partial charge is 0.309 e. The molecule has 1 saturated carbocycles. The van der Waals surface area contributed by atoms with Gasteiger partial charge in [0.05, 0.1) is 5.69 Å². The Morgan fingerprint density at radius 1 is 1.44 bits per heavy atom. The molecular formula is C14H18N2S2. The molecule has 0 radical (unpaired) electrons. The molecule has 0 unspecified atom stereocenters. The van der Waals surface area contributed by atoms with Gasteiger partial charge in [0.15, 0.2) is 0 Å². The zero-order valence-electron chi connectivity index (χ0n) is 10.6. The van der Waals surface area contributed by atoms with Crippen LogP contribution in [0.1, 0.15) is 36.8 Å². The first kappa shape index (κ1) is 12.3. The zero-order valence-corrected chi connectivity index (χ0v) is 12.2. The summed E-state index contributed by atoms with van der Waals surface area (Å²) in [4.78, 5) is 6.26. The van der Waals surface area contributed by atoms with Gasteiger partial charge in [-0.05, 0) is 30.7 Å². The van der Waals surface area contributed by atoms with Crippen molar-refractivity contribution in [1.82, 2.24) is 10.3 Å². The van der Waals surface area contributed by atoms with Crippen molar-refractivity contribution in [3.63, 3.8) is 0 Å². The van der Waals surface area contributed by atoms with Gasteiger partial charge in [0.2, 0.25) is 0 Å². The van der Waals surface area contributed by atoms with Crippen molar-refractivity contribution >= 4 is 22.7 Å². The fraction of sp³-hybridized carbons (Fsp3) is 0.500. The van der Waals surface area contributed by atoms with E-state index in [0.717, 1.165) is 19.0 Å². The summed E-state index contributed by atoms with van der Waals surface area (Å²) in [7, 11) is 0. The number of aromatic nitrogens is 1. The molecule has 18 heavy (non-hydrogen) atoms. The molecule has 96 valence electrons. The van der Waals surface area contributed by atoms with Crippen LogP contribution in [-0.2, 0) is 13.0 Å². The van der Waals surface area contributed by atoms with Gasteiger partial charge in [-0.25, -0.2) is 4.98 Å². The van der Waals surface area contributed by atoms with Crippen LogP contribution in [0.25, 0.3) is 10.6 Å². The second-order valence-corrected chi connectivity index (χ2v) is 6.67. The zero-order chi connectivity index (χ0) is 12.4. The summed E-state index contributed by atoms with van der Waals surface area (Å²) in [6, 6.07) is 2.93. The Labute approximate surface area is 116 Å². The van der Waals surface area contributed by atoms with E-state index in [9.17, 15) is 0 Å². The van der Waals surface area contributed by atoms with Crippen molar-refractivity contribution in [2.24, 2.45) is 0 Å². The number of rotatable bonds is 6. The number of thiophene rings is 1. The third-order valence-corrected chi connectivity index (χ3v) is 4.99. The summed E-state index contributed by atoms with van der Waals surface area (Å²) in [5, 5.41) is 9.10. The first-order valence-corrected chi connectivity index (χ1v) is 8.37.